The second kappa shape index (κ2) is 5.52. The van der Waals surface area contributed by atoms with Crippen LogP contribution in [0, 0.1) is 0 Å². The van der Waals surface area contributed by atoms with E-state index >= 15 is 0 Å². The van der Waals surface area contributed by atoms with Crippen LogP contribution in [0.15, 0.2) is 28.7 Å². The lowest BCUT2D eigenvalue weighted by Crippen LogP contribution is -2.37. The van der Waals surface area contributed by atoms with E-state index in [2.05, 4.69) is 38.7 Å². The van der Waals surface area contributed by atoms with Gasteiger partial charge in [-0.15, -0.1) is 0 Å². The van der Waals surface area contributed by atoms with Gasteiger partial charge in [0.2, 0.25) is 0 Å². The van der Waals surface area contributed by atoms with E-state index in [1.165, 1.54) is 24.9 Å². The summed E-state index contributed by atoms with van der Waals surface area (Å²) >= 11 is 3.46. The second-order valence-corrected chi connectivity index (χ2v) is 4.93. The Kier molecular flexibility index (Phi) is 4.03. The minimum absolute atomic E-state index is 0.786. The van der Waals surface area contributed by atoms with Crippen LogP contribution in [0.2, 0.25) is 0 Å². The van der Waals surface area contributed by atoms with Crippen molar-refractivity contribution in [3.05, 3.63) is 28.7 Å². The molecule has 1 aromatic rings. The lowest BCUT2D eigenvalue weighted by Gasteiger charge is -2.26. The van der Waals surface area contributed by atoms with E-state index in [0.717, 1.165) is 23.6 Å². The SMILES string of the molecule is Brc1cccc(NCCNC2CCC2)c1. The van der Waals surface area contributed by atoms with Crippen molar-refractivity contribution in [1.82, 2.24) is 5.32 Å². The van der Waals surface area contributed by atoms with Gasteiger partial charge in [0.1, 0.15) is 0 Å². The van der Waals surface area contributed by atoms with Crippen LogP contribution >= 0.6 is 15.9 Å². The molecule has 1 saturated carbocycles. The van der Waals surface area contributed by atoms with Gasteiger partial charge in [-0.2, -0.15) is 0 Å². The minimum Gasteiger partial charge on any atom is -0.384 e. The van der Waals surface area contributed by atoms with E-state index in [4.69, 9.17) is 0 Å². The fourth-order valence-corrected chi connectivity index (χ4v) is 2.09. The number of hydrogen-bond donors (Lipinski definition) is 2. The zero-order valence-corrected chi connectivity index (χ0v) is 10.4. The zero-order chi connectivity index (χ0) is 10.5. The van der Waals surface area contributed by atoms with E-state index in [1.807, 2.05) is 12.1 Å². The molecule has 0 saturated heterocycles. The summed E-state index contributed by atoms with van der Waals surface area (Å²) in [5, 5.41) is 6.93. The lowest BCUT2D eigenvalue weighted by atomic mass is 9.93. The van der Waals surface area contributed by atoms with Crippen molar-refractivity contribution in [2.24, 2.45) is 0 Å². The van der Waals surface area contributed by atoms with Gasteiger partial charge >= 0.3 is 0 Å². The van der Waals surface area contributed by atoms with Gasteiger partial charge < -0.3 is 10.6 Å². The summed E-state index contributed by atoms with van der Waals surface area (Å²) in [7, 11) is 0. The molecule has 0 spiro atoms. The highest BCUT2D eigenvalue weighted by molar-refractivity contribution is 9.10. The largest absolute Gasteiger partial charge is 0.384 e. The Morgan fingerprint density at radius 2 is 2.13 bits per heavy atom. The Balaban J connectivity index is 1.64. The molecule has 0 atom stereocenters. The van der Waals surface area contributed by atoms with Gasteiger partial charge in [-0.3, -0.25) is 0 Å². The Morgan fingerprint density at radius 1 is 1.27 bits per heavy atom. The van der Waals surface area contributed by atoms with Crippen LogP contribution in [0.1, 0.15) is 19.3 Å². The quantitative estimate of drug-likeness (QED) is 0.803. The third-order valence-corrected chi connectivity index (χ3v) is 3.31. The molecule has 82 valence electrons. The fourth-order valence-electron chi connectivity index (χ4n) is 1.69. The predicted molar refractivity (Wildman–Crippen MR) is 68.3 cm³/mol. The maximum atomic E-state index is 3.53. The smallest absolute Gasteiger partial charge is 0.0351 e. The van der Waals surface area contributed by atoms with Crippen LogP contribution in [0.3, 0.4) is 0 Å². The van der Waals surface area contributed by atoms with Gasteiger partial charge in [-0.05, 0) is 31.0 Å². The Hall–Kier alpha value is -0.540. The highest BCUT2D eigenvalue weighted by atomic mass is 79.9. The van der Waals surface area contributed by atoms with Crippen LogP contribution in [0.25, 0.3) is 0 Å². The van der Waals surface area contributed by atoms with Crippen molar-refractivity contribution < 1.29 is 0 Å². The second-order valence-electron chi connectivity index (χ2n) is 4.02. The number of nitrogens with one attached hydrogen (secondary N) is 2. The molecule has 1 aromatic carbocycles. The fraction of sp³-hybridized carbons (Fsp3) is 0.500. The maximum Gasteiger partial charge on any atom is 0.0351 e. The molecule has 0 aromatic heterocycles. The number of rotatable bonds is 5. The molecule has 2 rings (SSSR count). The predicted octanol–water partition coefficient (Wildman–Crippen LogP) is 3.00. The van der Waals surface area contributed by atoms with Crippen molar-refractivity contribution in [1.29, 1.82) is 0 Å². The van der Waals surface area contributed by atoms with E-state index in [9.17, 15) is 0 Å². The standard InChI is InChI=1S/C12H17BrN2/c13-10-3-1-6-12(9-10)15-8-7-14-11-4-2-5-11/h1,3,6,9,11,14-15H,2,4-5,7-8H2. The topological polar surface area (TPSA) is 24.1 Å². The Labute approximate surface area is 99.6 Å². The molecular formula is C12H17BrN2. The first-order valence-corrected chi connectivity index (χ1v) is 6.37. The molecular weight excluding hydrogens is 252 g/mol. The van der Waals surface area contributed by atoms with E-state index in [0.29, 0.717) is 0 Å². The Bertz CT molecular complexity index is 310. The minimum atomic E-state index is 0.786. The molecule has 0 bridgehead atoms. The number of anilines is 1. The molecule has 3 heteroatoms. The molecule has 0 radical (unpaired) electrons. The normalized spacial score (nSPS) is 16.1. The third kappa shape index (κ3) is 3.50. The Morgan fingerprint density at radius 3 is 2.80 bits per heavy atom. The monoisotopic (exact) mass is 268 g/mol. The summed E-state index contributed by atoms with van der Waals surface area (Å²) < 4.78 is 1.12. The molecule has 0 aliphatic heterocycles. The van der Waals surface area contributed by atoms with E-state index in [-0.39, 0.29) is 0 Å². The lowest BCUT2D eigenvalue weighted by molar-refractivity contribution is 0.345. The van der Waals surface area contributed by atoms with E-state index < -0.39 is 0 Å². The molecule has 1 fully saturated rings. The first kappa shape index (κ1) is 11.0. The zero-order valence-electron chi connectivity index (χ0n) is 8.80. The molecule has 0 amide bonds. The molecule has 15 heavy (non-hydrogen) atoms. The summed E-state index contributed by atoms with van der Waals surface area (Å²) in [6.07, 6.45) is 4.12. The third-order valence-electron chi connectivity index (χ3n) is 2.82. The van der Waals surface area contributed by atoms with Crippen molar-refractivity contribution in [2.45, 2.75) is 25.3 Å². The van der Waals surface area contributed by atoms with Gasteiger partial charge in [-0.1, -0.05) is 28.4 Å². The number of hydrogen-bond acceptors (Lipinski definition) is 2. The van der Waals surface area contributed by atoms with Crippen LogP contribution < -0.4 is 10.6 Å². The van der Waals surface area contributed by atoms with Crippen LogP contribution in [-0.4, -0.2) is 19.1 Å². The van der Waals surface area contributed by atoms with Crippen LogP contribution in [0.5, 0.6) is 0 Å². The average Bonchev–Trinajstić information content (AvgIpc) is 2.15. The first-order valence-electron chi connectivity index (χ1n) is 5.57. The molecule has 1 aliphatic carbocycles. The number of benzene rings is 1. The van der Waals surface area contributed by atoms with Crippen molar-refractivity contribution in [3.63, 3.8) is 0 Å². The summed E-state index contributed by atoms with van der Waals surface area (Å²) in [5.41, 5.74) is 1.18. The molecule has 0 unspecified atom stereocenters. The highest BCUT2D eigenvalue weighted by Crippen LogP contribution is 2.18. The number of halogens is 1. The first-order chi connectivity index (χ1) is 7.34. The van der Waals surface area contributed by atoms with Crippen molar-refractivity contribution in [3.8, 4) is 0 Å². The van der Waals surface area contributed by atoms with E-state index in [1.54, 1.807) is 0 Å². The van der Waals surface area contributed by atoms with Gasteiger partial charge in [0.05, 0.1) is 0 Å². The summed E-state index contributed by atoms with van der Waals surface area (Å²) in [6.45, 7) is 2.05. The maximum absolute atomic E-state index is 3.53. The molecule has 2 N–H and O–H groups in total. The molecule has 1 aliphatic rings. The summed E-state index contributed by atoms with van der Waals surface area (Å²) in [6, 6.07) is 9.07. The summed E-state index contributed by atoms with van der Waals surface area (Å²) in [4.78, 5) is 0. The average molecular weight is 269 g/mol. The van der Waals surface area contributed by atoms with Crippen LogP contribution in [-0.2, 0) is 0 Å². The van der Waals surface area contributed by atoms with Gasteiger partial charge in [0.25, 0.3) is 0 Å². The molecule has 2 nitrogen and oxygen atoms in total. The molecule has 0 heterocycles. The summed E-state index contributed by atoms with van der Waals surface area (Å²) in [5.74, 6) is 0. The van der Waals surface area contributed by atoms with Gasteiger partial charge in [-0.25, -0.2) is 0 Å². The van der Waals surface area contributed by atoms with Crippen molar-refractivity contribution in [2.75, 3.05) is 18.4 Å². The van der Waals surface area contributed by atoms with Crippen LogP contribution in [0.4, 0.5) is 5.69 Å². The highest BCUT2D eigenvalue weighted by Gasteiger charge is 2.15. The van der Waals surface area contributed by atoms with Gasteiger partial charge in [0.15, 0.2) is 0 Å². The van der Waals surface area contributed by atoms with Crippen molar-refractivity contribution >= 4 is 21.6 Å². The van der Waals surface area contributed by atoms with Gasteiger partial charge in [0, 0.05) is 29.3 Å².